The fourth-order valence-electron chi connectivity index (χ4n) is 2.21. The van der Waals surface area contributed by atoms with Crippen molar-refractivity contribution >= 4 is 17.6 Å². The normalized spacial score (nSPS) is 14.8. The van der Waals surface area contributed by atoms with Crippen LogP contribution in [0.1, 0.15) is 12.0 Å². The van der Waals surface area contributed by atoms with E-state index >= 15 is 0 Å². The molecule has 1 N–H and O–H groups in total. The van der Waals surface area contributed by atoms with Crippen molar-refractivity contribution in [2.75, 3.05) is 32.1 Å². The Balaban J connectivity index is 1.78. The minimum absolute atomic E-state index is 0.0409. The van der Waals surface area contributed by atoms with E-state index in [0.717, 1.165) is 11.3 Å². The Hall–Kier alpha value is -2.04. The molecule has 1 aliphatic rings. The molecule has 1 heterocycles. The van der Waals surface area contributed by atoms with Crippen molar-refractivity contribution in [2.24, 2.45) is 5.92 Å². The first kappa shape index (κ1) is 14.4. The molecule has 5 heteroatoms. The molecule has 0 atom stereocenters. The van der Waals surface area contributed by atoms with Gasteiger partial charge in [-0.25, -0.2) is 0 Å². The molecule has 0 saturated carbocycles. The Morgan fingerprint density at radius 3 is 2.35 bits per heavy atom. The monoisotopic (exact) mass is 276 g/mol. The lowest BCUT2D eigenvalue weighted by Gasteiger charge is -2.36. The van der Waals surface area contributed by atoms with Crippen molar-refractivity contribution in [1.82, 2.24) is 4.90 Å². The van der Waals surface area contributed by atoms with Crippen molar-refractivity contribution in [1.29, 1.82) is 0 Å². The lowest BCUT2D eigenvalue weighted by Crippen LogP contribution is -2.53. The van der Waals surface area contributed by atoms with E-state index in [9.17, 15) is 9.59 Å². The van der Waals surface area contributed by atoms with E-state index in [-0.39, 0.29) is 11.8 Å². The molecule has 0 spiro atoms. The Morgan fingerprint density at radius 2 is 1.85 bits per heavy atom. The average molecular weight is 276 g/mol. The van der Waals surface area contributed by atoms with Crippen LogP contribution in [0.3, 0.4) is 0 Å². The highest BCUT2D eigenvalue weighted by atomic mass is 16.4. The molecule has 0 radical (unpaired) electrons. The first-order valence-electron chi connectivity index (χ1n) is 6.74. The zero-order valence-corrected chi connectivity index (χ0v) is 11.9. The van der Waals surface area contributed by atoms with Gasteiger partial charge in [0, 0.05) is 39.3 Å². The number of aliphatic carboxylic acids is 1. The van der Waals surface area contributed by atoms with Crippen LogP contribution in [0.4, 0.5) is 5.69 Å². The number of carboxylic acid groups (broad SMARTS) is 1. The molecule has 1 saturated heterocycles. The number of benzene rings is 1. The van der Waals surface area contributed by atoms with Crippen LogP contribution >= 0.6 is 0 Å². The lowest BCUT2D eigenvalue weighted by molar-refractivity contribution is -0.152. The smallest absolute Gasteiger partial charge is 0.310 e. The van der Waals surface area contributed by atoms with Gasteiger partial charge in [-0.15, -0.1) is 0 Å². The lowest BCUT2D eigenvalue weighted by atomic mass is 9.99. The first-order chi connectivity index (χ1) is 9.47. The van der Waals surface area contributed by atoms with Crippen LogP contribution in [0.25, 0.3) is 0 Å². The predicted molar refractivity (Wildman–Crippen MR) is 76.8 cm³/mol. The summed E-state index contributed by atoms with van der Waals surface area (Å²) in [4.78, 5) is 26.2. The maximum Gasteiger partial charge on any atom is 0.310 e. The summed E-state index contributed by atoms with van der Waals surface area (Å²) in [5, 5.41) is 8.77. The Bertz CT molecular complexity index is 490. The van der Waals surface area contributed by atoms with Gasteiger partial charge in [-0.2, -0.15) is 0 Å². The van der Waals surface area contributed by atoms with Gasteiger partial charge in [0.1, 0.15) is 0 Å². The highest BCUT2D eigenvalue weighted by Crippen LogP contribution is 2.18. The standard InChI is InChI=1S/C15H20N2O3/c1-16(2)13-6-3-11(4-7-13)5-8-14(18)17-9-12(10-17)15(19)20/h3-4,6-7,12H,5,8-10H2,1-2H3,(H,19,20). The fourth-order valence-corrected chi connectivity index (χ4v) is 2.21. The maximum absolute atomic E-state index is 11.9. The number of amides is 1. The second kappa shape index (κ2) is 5.94. The number of carbonyl (C=O) groups is 2. The molecule has 5 nitrogen and oxygen atoms in total. The third-order valence-electron chi connectivity index (χ3n) is 3.66. The zero-order chi connectivity index (χ0) is 14.7. The van der Waals surface area contributed by atoms with Gasteiger partial charge in [0.25, 0.3) is 0 Å². The maximum atomic E-state index is 11.9. The van der Waals surface area contributed by atoms with Gasteiger partial charge in [0.05, 0.1) is 5.92 Å². The second-order valence-electron chi connectivity index (χ2n) is 5.39. The SMILES string of the molecule is CN(C)c1ccc(CCC(=O)N2CC(C(=O)O)C2)cc1. The van der Waals surface area contributed by atoms with Crippen molar-refractivity contribution in [2.45, 2.75) is 12.8 Å². The number of carbonyl (C=O) groups excluding carboxylic acids is 1. The molecule has 0 bridgehead atoms. The van der Waals surface area contributed by atoms with E-state index in [4.69, 9.17) is 5.11 Å². The van der Waals surface area contributed by atoms with Gasteiger partial charge in [-0.3, -0.25) is 9.59 Å². The topological polar surface area (TPSA) is 60.9 Å². The Kier molecular flexibility index (Phi) is 4.27. The van der Waals surface area contributed by atoms with E-state index in [1.807, 2.05) is 43.3 Å². The summed E-state index contributed by atoms with van der Waals surface area (Å²) in [7, 11) is 3.97. The minimum Gasteiger partial charge on any atom is -0.481 e. The molecule has 0 unspecified atom stereocenters. The largest absolute Gasteiger partial charge is 0.481 e. The number of anilines is 1. The van der Waals surface area contributed by atoms with E-state index in [1.165, 1.54) is 0 Å². The van der Waals surface area contributed by atoms with Crippen LogP contribution in [0.2, 0.25) is 0 Å². The van der Waals surface area contributed by atoms with Gasteiger partial charge < -0.3 is 14.9 Å². The first-order valence-corrected chi connectivity index (χ1v) is 6.74. The summed E-state index contributed by atoms with van der Waals surface area (Å²) >= 11 is 0. The zero-order valence-electron chi connectivity index (χ0n) is 11.9. The number of hydrogen-bond donors (Lipinski definition) is 1. The summed E-state index contributed by atoms with van der Waals surface area (Å²) in [5.41, 5.74) is 2.26. The van der Waals surface area contributed by atoms with Crippen molar-refractivity contribution in [3.8, 4) is 0 Å². The van der Waals surface area contributed by atoms with Gasteiger partial charge in [0.2, 0.25) is 5.91 Å². The summed E-state index contributed by atoms with van der Waals surface area (Å²) < 4.78 is 0. The molecule has 108 valence electrons. The predicted octanol–water partition coefficient (Wildman–Crippen LogP) is 1.23. The van der Waals surface area contributed by atoms with E-state index < -0.39 is 5.97 Å². The highest BCUT2D eigenvalue weighted by Gasteiger charge is 2.34. The fraction of sp³-hybridized carbons (Fsp3) is 0.467. The van der Waals surface area contributed by atoms with Crippen LogP contribution in [-0.4, -0.2) is 49.1 Å². The molecule has 1 fully saturated rings. The minimum atomic E-state index is -0.812. The van der Waals surface area contributed by atoms with E-state index in [1.54, 1.807) is 4.90 Å². The number of likely N-dealkylation sites (tertiary alicyclic amines) is 1. The van der Waals surface area contributed by atoms with Gasteiger partial charge in [0.15, 0.2) is 0 Å². The summed E-state index contributed by atoms with van der Waals surface area (Å²) in [5.74, 6) is -1.15. The van der Waals surface area contributed by atoms with Crippen LogP contribution < -0.4 is 4.90 Å². The van der Waals surface area contributed by atoms with Crippen molar-refractivity contribution < 1.29 is 14.7 Å². The second-order valence-corrected chi connectivity index (χ2v) is 5.39. The quantitative estimate of drug-likeness (QED) is 0.878. The van der Waals surface area contributed by atoms with E-state index in [2.05, 4.69) is 0 Å². The number of rotatable bonds is 5. The number of carboxylic acids is 1. The Morgan fingerprint density at radius 1 is 1.25 bits per heavy atom. The van der Waals surface area contributed by atoms with Crippen LogP contribution in [0.15, 0.2) is 24.3 Å². The number of nitrogens with zero attached hydrogens (tertiary/aromatic N) is 2. The summed E-state index contributed by atoms with van der Waals surface area (Å²) in [6, 6.07) is 8.12. The summed E-state index contributed by atoms with van der Waals surface area (Å²) in [6.45, 7) is 0.710. The van der Waals surface area contributed by atoms with Crippen molar-refractivity contribution in [3.63, 3.8) is 0 Å². The van der Waals surface area contributed by atoms with Crippen LogP contribution in [-0.2, 0) is 16.0 Å². The number of hydrogen-bond acceptors (Lipinski definition) is 3. The molecule has 1 amide bonds. The highest BCUT2D eigenvalue weighted by molar-refractivity contribution is 5.81. The van der Waals surface area contributed by atoms with E-state index in [0.29, 0.717) is 25.9 Å². The Labute approximate surface area is 118 Å². The van der Waals surface area contributed by atoms with Crippen molar-refractivity contribution in [3.05, 3.63) is 29.8 Å². The van der Waals surface area contributed by atoms with Gasteiger partial charge in [-0.1, -0.05) is 12.1 Å². The molecule has 0 aliphatic carbocycles. The third-order valence-corrected chi connectivity index (χ3v) is 3.66. The summed E-state index contributed by atoms with van der Waals surface area (Å²) in [6.07, 6.45) is 1.13. The molecule has 1 aliphatic heterocycles. The van der Waals surface area contributed by atoms with Gasteiger partial charge >= 0.3 is 5.97 Å². The molecule has 0 aromatic heterocycles. The molecular weight excluding hydrogens is 256 g/mol. The molecule has 20 heavy (non-hydrogen) atoms. The molecule has 1 aromatic carbocycles. The number of aryl methyl sites for hydroxylation is 1. The van der Waals surface area contributed by atoms with Crippen LogP contribution in [0, 0.1) is 5.92 Å². The van der Waals surface area contributed by atoms with Gasteiger partial charge in [-0.05, 0) is 24.1 Å². The third kappa shape index (κ3) is 3.29. The molecule has 2 rings (SSSR count). The van der Waals surface area contributed by atoms with Crippen LogP contribution in [0.5, 0.6) is 0 Å². The average Bonchev–Trinajstić information content (AvgIpc) is 2.34. The molecule has 1 aromatic rings. The molecular formula is C15H20N2O3.